The smallest absolute Gasteiger partial charge is 0.241 e. The van der Waals surface area contributed by atoms with Gasteiger partial charge in [0.05, 0.1) is 17.7 Å². The summed E-state index contributed by atoms with van der Waals surface area (Å²) in [4.78, 5) is 21.4. The second kappa shape index (κ2) is 8.76. The fourth-order valence-electron chi connectivity index (χ4n) is 3.42. The van der Waals surface area contributed by atoms with Gasteiger partial charge in [-0.05, 0) is 43.7 Å². The van der Waals surface area contributed by atoms with Crippen LogP contribution < -0.4 is 5.32 Å². The summed E-state index contributed by atoms with van der Waals surface area (Å²) in [6.45, 7) is 7.65. The van der Waals surface area contributed by atoms with E-state index in [2.05, 4.69) is 39.2 Å². The minimum Gasteiger partial charge on any atom is -0.325 e. The normalized spacial score (nSPS) is 17.7. The van der Waals surface area contributed by atoms with Crippen molar-refractivity contribution in [3.8, 4) is 6.07 Å². The van der Waals surface area contributed by atoms with Gasteiger partial charge in [-0.25, -0.2) is 0 Å². The van der Waals surface area contributed by atoms with E-state index in [9.17, 15) is 4.79 Å². The Hall–Kier alpha value is -2.75. The van der Waals surface area contributed by atoms with Gasteiger partial charge in [0.1, 0.15) is 0 Å². The number of nitriles is 1. The maximum Gasteiger partial charge on any atom is 0.241 e. The second-order valence-electron chi connectivity index (χ2n) is 6.89. The summed E-state index contributed by atoms with van der Waals surface area (Å²) >= 11 is 0. The van der Waals surface area contributed by atoms with Gasteiger partial charge in [0.2, 0.25) is 5.91 Å². The van der Waals surface area contributed by atoms with Gasteiger partial charge >= 0.3 is 0 Å². The van der Waals surface area contributed by atoms with Crippen molar-refractivity contribution < 1.29 is 4.79 Å². The molecule has 1 amide bonds. The molecule has 0 saturated carbocycles. The van der Waals surface area contributed by atoms with Crippen LogP contribution in [0.1, 0.15) is 31.0 Å². The van der Waals surface area contributed by atoms with E-state index < -0.39 is 0 Å². The van der Waals surface area contributed by atoms with E-state index in [-0.39, 0.29) is 11.9 Å². The van der Waals surface area contributed by atoms with Crippen LogP contribution in [0.4, 0.5) is 5.69 Å². The van der Waals surface area contributed by atoms with Crippen LogP contribution in [0.15, 0.2) is 48.8 Å². The molecule has 1 aliphatic rings. The number of anilines is 1. The zero-order valence-electron chi connectivity index (χ0n) is 15.8. The fourth-order valence-corrected chi connectivity index (χ4v) is 3.42. The van der Waals surface area contributed by atoms with E-state index in [0.29, 0.717) is 17.3 Å². The molecule has 1 aromatic heterocycles. The Morgan fingerprint density at radius 1 is 1.15 bits per heavy atom. The van der Waals surface area contributed by atoms with E-state index in [4.69, 9.17) is 5.26 Å². The largest absolute Gasteiger partial charge is 0.325 e. The van der Waals surface area contributed by atoms with E-state index in [0.717, 1.165) is 26.2 Å². The molecule has 0 spiro atoms. The van der Waals surface area contributed by atoms with Crippen molar-refractivity contribution in [3.63, 3.8) is 0 Å². The Kier molecular flexibility index (Phi) is 6.17. The molecule has 2 atom stereocenters. The molecule has 2 unspecified atom stereocenters. The molecule has 1 N–H and O–H groups in total. The van der Waals surface area contributed by atoms with Gasteiger partial charge in [0, 0.05) is 50.3 Å². The molecule has 6 nitrogen and oxygen atoms in total. The van der Waals surface area contributed by atoms with Gasteiger partial charge in [0.25, 0.3) is 0 Å². The van der Waals surface area contributed by atoms with E-state index in [1.807, 2.05) is 19.2 Å². The van der Waals surface area contributed by atoms with Crippen LogP contribution in [0.3, 0.4) is 0 Å². The summed E-state index contributed by atoms with van der Waals surface area (Å²) in [5.74, 6) is -0.0427. The number of amides is 1. The number of nitrogens with one attached hydrogen (secondary N) is 1. The molecule has 2 heterocycles. The first-order valence-electron chi connectivity index (χ1n) is 9.27. The Balaban J connectivity index is 1.54. The van der Waals surface area contributed by atoms with Crippen molar-refractivity contribution in [2.75, 3.05) is 31.5 Å². The predicted molar refractivity (Wildman–Crippen MR) is 105 cm³/mol. The molecule has 1 fully saturated rings. The number of carbonyl (C=O) groups excluding carboxylic acids is 1. The molecule has 0 radical (unpaired) electrons. The number of hydrogen-bond acceptors (Lipinski definition) is 5. The molecule has 6 heteroatoms. The fraction of sp³-hybridized carbons (Fsp3) is 0.381. The summed E-state index contributed by atoms with van der Waals surface area (Å²) in [5, 5.41) is 11.9. The van der Waals surface area contributed by atoms with Crippen LogP contribution in [0.2, 0.25) is 0 Å². The van der Waals surface area contributed by atoms with Crippen molar-refractivity contribution in [2.45, 2.75) is 25.9 Å². The van der Waals surface area contributed by atoms with Crippen molar-refractivity contribution in [1.29, 1.82) is 5.26 Å². The lowest BCUT2D eigenvalue weighted by atomic mass is 10.1. The Morgan fingerprint density at radius 3 is 2.56 bits per heavy atom. The summed E-state index contributed by atoms with van der Waals surface area (Å²) in [5.41, 5.74) is 2.42. The molecule has 1 aromatic carbocycles. The van der Waals surface area contributed by atoms with Gasteiger partial charge in [-0.2, -0.15) is 5.26 Å². The number of benzene rings is 1. The number of pyridine rings is 1. The zero-order valence-corrected chi connectivity index (χ0v) is 15.8. The summed E-state index contributed by atoms with van der Waals surface area (Å²) in [6.07, 6.45) is 3.71. The van der Waals surface area contributed by atoms with Gasteiger partial charge in [0.15, 0.2) is 0 Å². The molecular formula is C21H25N5O. The molecule has 3 rings (SSSR count). The third-order valence-corrected chi connectivity index (χ3v) is 5.25. The highest BCUT2D eigenvalue weighted by molar-refractivity contribution is 5.94. The third kappa shape index (κ3) is 4.70. The Morgan fingerprint density at radius 2 is 1.89 bits per heavy atom. The molecule has 0 bridgehead atoms. The first-order valence-corrected chi connectivity index (χ1v) is 9.27. The molecule has 0 aliphatic carbocycles. The van der Waals surface area contributed by atoms with Crippen molar-refractivity contribution >= 4 is 11.6 Å². The van der Waals surface area contributed by atoms with Crippen LogP contribution in [-0.2, 0) is 4.79 Å². The van der Waals surface area contributed by atoms with Gasteiger partial charge in [-0.15, -0.1) is 0 Å². The van der Waals surface area contributed by atoms with Crippen LogP contribution in [-0.4, -0.2) is 52.9 Å². The monoisotopic (exact) mass is 363 g/mol. The highest BCUT2D eigenvalue weighted by Gasteiger charge is 2.27. The number of aromatic nitrogens is 1. The highest BCUT2D eigenvalue weighted by atomic mass is 16.2. The van der Waals surface area contributed by atoms with Gasteiger partial charge < -0.3 is 5.32 Å². The molecule has 2 aromatic rings. The molecule has 1 aliphatic heterocycles. The second-order valence-corrected chi connectivity index (χ2v) is 6.89. The van der Waals surface area contributed by atoms with E-state index in [1.54, 1.807) is 30.5 Å². The van der Waals surface area contributed by atoms with Crippen molar-refractivity contribution in [2.24, 2.45) is 0 Å². The summed E-state index contributed by atoms with van der Waals surface area (Å²) < 4.78 is 0. The van der Waals surface area contributed by atoms with E-state index >= 15 is 0 Å². The number of rotatable bonds is 5. The minimum atomic E-state index is -0.216. The SMILES string of the molecule is CC(C(=O)Nc1cccc(C#N)c1)N1CCN(C(C)c2cccnc2)CC1. The predicted octanol–water partition coefficient (Wildman–Crippen LogP) is 2.66. The number of piperazine rings is 1. The first-order chi connectivity index (χ1) is 13.1. The van der Waals surface area contributed by atoms with E-state index in [1.165, 1.54) is 5.56 Å². The van der Waals surface area contributed by atoms with Crippen LogP contribution in [0.25, 0.3) is 0 Å². The van der Waals surface area contributed by atoms with Crippen LogP contribution in [0.5, 0.6) is 0 Å². The third-order valence-electron chi connectivity index (χ3n) is 5.25. The number of nitrogens with zero attached hydrogens (tertiary/aromatic N) is 4. The molecular weight excluding hydrogens is 338 g/mol. The topological polar surface area (TPSA) is 72.3 Å². The van der Waals surface area contributed by atoms with Crippen molar-refractivity contribution in [1.82, 2.24) is 14.8 Å². The van der Waals surface area contributed by atoms with Gasteiger partial charge in [-0.3, -0.25) is 19.6 Å². The highest BCUT2D eigenvalue weighted by Crippen LogP contribution is 2.21. The zero-order chi connectivity index (χ0) is 19.2. The maximum absolute atomic E-state index is 12.6. The number of hydrogen-bond donors (Lipinski definition) is 1. The Bertz CT molecular complexity index is 809. The van der Waals surface area contributed by atoms with Gasteiger partial charge in [-0.1, -0.05) is 12.1 Å². The standard InChI is InChI=1S/C21H25N5O/c1-16(19-6-4-8-23-15-19)25-9-11-26(12-10-25)17(2)21(27)24-20-7-3-5-18(13-20)14-22/h3-8,13,15-17H,9-12H2,1-2H3,(H,24,27). The Labute approximate surface area is 160 Å². The molecule has 27 heavy (non-hydrogen) atoms. The van der Waals surface area contributed by atoms with Crippen molar-refractivity contribution in [3.05, 3.63) is 59.9 Å². The molecule has 140 valence electrons. The average Bonchev–Trinajstić information content (AvgIpc) is 2.73. The lowest BCUT2D eigenvalue weighted by Crippen LogP contribution is -2.53. The van der Waals surface area contributed by atoms with Crippen LogP contribution >= 0.6 is 0 Å². The first kappa shape index (κ1) is 19.0. The number of carbonyl (C=O) groups is 1. The lowest BCUT2D eigenvalue weighted by Gasteiger charge is -2.40. The maximum atomic E-state index is 12.6. The molecule has 1 saturated heterocycles. The lowest BCUT2D eigenvalue weighted by molar-refractivity contribution is -0.121. The quantitative estimate of drug-likeness (QED) is 0.884. The summed E-state index contributed by atoms with van der Waals surface area (Å²) in [7, 11) is 0. The van der Waals surface area contributed by atoms with Crippen LogP contribution in [0, 0.1) is 11.3 Å². The minimum absolute atomic E-state index is 0.0427. The summed E-state index contributed by atoms with van der Waals surface area (Å²) in [6, 6.07) is 13.3. The average molecular weight is 363 g/mol.